The lowest BCUT2D eigenvalue weighted by Crippen LogP contribution is -2.54. The maximum atomic E-state index is 12.8. The second kappa shape index (κ2) is 8.76. The number of fused-ring (bicyclic) bond motifs is 5. The van der Waals surface area contributed by atoms with Crippen LogP contribution in [-0.4, -0.2) is 32.1 Å². The first-order valence-electron chi connectivity index (χ1n) is 12.8. The van der Waals surface area contributed by atoms with Gasteiger partial charge in [0.1, 0.15) is 12.9 Å². The second-order valence-electron chi connectivity index (χ2n) is 11.5. The first-order valence-corrected chi connectivity index (χ1v) is 12.8. The van der Waals surface area contributed by atoms with E-state index in [1.54, 1.807) is 7.11 Å². The number of esters is 1. The summed E-state index contributed by atoms with van der Waals surface area (Å²) in [6.45, 7) is 5.43. The molecule has 8 atom stereocenters. The number of carbonyl (C=O) groups is 1. The summed E-state index contributed by atoms with van der Waals surface area (Å²) in [6, 6.07) is 9.50. The fraction of sp³-hybridized carbons (Fsp3) is 0.750. The summed E-state index contributed by atoms with van der Waals surface area (Å²) in [5.41, 5.74) is 1.25. The molecule has 4 saturated carbocycles. The van der Waals surface area contributed by atoms with E-state index in [0.717, 1.165) is 24.2 Å². The molecule has 0 saturated heterocycles. The van der Waals surface area contributed by atoms with Gasteiger partial charge in [-0.2, -0.15) is 0 Å². The average molecular weight is 441 g/mol. The third-order valence-corrected chi connectivity index (χ3v) is 10.2. The van der Waals surface area contributed by atoms with Crippen LogP contribution in [0.2, 0.25) is 0 Å². The van der Waals surface area contributed by atoms with Crippen LogP contribution in [0.25, 0.3) is 0 Å². The van der Waals surface area contributed by atoms with Crippen LogP contribution in [0.1, 0.15) is 82.0 Å². The Kier molecular flexibility index (Phi) is 6.13. The first kappa shape index (κ1) is 22.4. The van der Waals surface area contributed by atoms with Crippen LogP contribution in [0.3, 0.4) is 0 Å². The molecular formula is C28H40O4. The van der Waals surface area contributed by atoms with Crippen molar-refractivity contribution < 1.29 is 19.0 Å². The molecule has 0 bridgehead atoms. The van der Waals surface area contributed by atoms with Crippen molar-refractivity contribution in [3.05, 3.63) is 35.9 Å². The van der Waals surface area contributed by atoms with Gasteiger partial charge in [0.05, 0.1) is 11.7 Å². The molecule has 0 aliphatic heterocycles. The Morgan fingerprint density at radius 2 is 1.69 bits per heavy atom. The van der Waals surface area contributed by atoms with Gasteiger partial charge < -0.3 is 14.2 Å². The zero-order valence-electron chi connectivity index (χ0n) is 20.1. The molecule has 0 spiro atoms. The fourth-order valence-corrected chi connectivity index (χ4v) is 8.45. The summed E-state index contributed by atoms with van der Waals surface area (Å²) >= 11 is 0. The van der Waals surface area contributed by atoms with Crippen LogP contribution >= 0.6 is 0 Å². The van der Waals surface area contributed by atoms with Gasteiger partial charge in [-0.05, 0) is 99.0 Å². The quantitative estimate of drug-likeness (QED) is 0.401. The predicted octanol–water partition coefficient (Wildman–Crippen LogP) is 6.24. The zero-order chi connectivity index (χ0) is 22.3. The Bertz CT molecular complexity index is 809. The van der Waals surface area contributed by atoms with Crippen molar-refractivity contribution >= 4 is 5.97 Å². The number of hydrogen-bond donors (Lipinski definition) is 0. The van der Waals surface area contributed by atoms with Crippen LogP contribution in [0.15, 0.2) is 30.3 Å². The normalized spacial score (nSPS) is 43.1. The van der Waals surface area contributed by atoms with Crippen molar-refractivity contribution in [1.82, 2.24) is 0 Å². The van der Waals surface area contributed by atoms with E-state index in [4.69, 9.17) is 14.2 Å². The van der Waals surface area contributed by atoms with Gasteiger partial charge in [-0.3, -0.25) is 0 Å². The van der Waals surface area contributed by atoms with E-state index in [1.165, 1.54) is 51.4 Å². The van der Waals surface area contributed by atoms with E-state index in [1.807, 2.05) is 30.3 Å². The van der Waals surface area contributed by atoms with E-state index < -0.39 is 0 Å². The number of rotatable bonds is 5. The van der Waals surface area contributed by atoms with Crippen molar-refractivity contribution in [3.8, 4) is 0 Å². The molecule has 0 radical (unpaired) electrons. The van der Waals surface area contributed by atoms with Crippen molar-refractivity contribution in [3.63, 3.8) is 0 Å². The molecule has 0 N–H and O–H groups in total. The largest absolute Gasteiger partial charge is 0.458 e. The molecule has 0 unspecified atom stereocenters. The lowest BCUT2D eigenvalue weighted by molar-refractivity contribution is -0.156. The molecule has 32 heavy (non-hydrogen) atoms. The van der Waals surface area contributed by atoms with Crippen LogP contribution < -0.4 is 0 Å². The lowest BCUT2D eigenvalue weighted by Gasteiger charge is -2.60. The first-order chi connectivity index (χ1) is 15.5. The Morgan fingerprint density at radius 1 is 0.938 bits per heavy atom. The molecule has 0 amide bonds. The number of hydrogen-bond acceptors (Lipinski definition) is 4. The lowest BCUT2D eigenvalue weighted by atomic mass is 9.45. The predicted molar refractivity (Wildman–Crippen MR) is 124 cm³/mol. The van der Waals surface area contributed by atoms with Gasteiger partial charge in [0.25, 0.3) is 0 Å². The van der Waals surface area contributed by atoms with Gasteiger partial charge in [0.2, 0.25) is 0 Å². The van der Waals surface area contributed by atoms with E-state index in [2.05, 4.69) is 13.8 Å². The van der Waals surface area contributed by atoms with Gasteiger partial charge in [0, 0.05) is 12.5 Å². The highest BCUT2D eigenvalue weighted by Crippen LogP contribution is 2.66. The molecule has 4 nitrogen and oxygen atoms in total. The monoisotopic (exact) mass is 440 g/mol. The van der Waals surface area contributed by atoms with Crippen LogP contribution in [0.5, 0.6) is 0 Å². The molecule has 4 fully saturated rings. The van der Waals surface area contributed by atoms with Gasteiger partial charge in [0.15, 0.2) is 0 Å². The Hall–Kier alpha value is -1.39. The third-order valence-electron chi connectivity index (χ3n) is 10.2. The average Bonchev–Trinajstić information content (AvgIpc) is 3.14. The highest BCUT2D eigenvalue weighted by molar-refractivity contribution is 5.89. The molecule has 5 rings (SSSR count). The summed E-state index contributed by atoms with van der Waals surface area (Å²) in [6.07, 6.45) is 11.4. The minimum absolute atomic E-state index is 0.0601. The van der Waals surface area contributed by atoms with Gasteiger partial charge in [-0.25, -0.2) is 4.79 Å². The van der Waals surface area contributed by atoms with E-state index in [-0.39, 0.29) is 17.5 Å². The van der Waals surface area contributed by atoms with E-state index in [0.29, 0.717) is 29.8 Å². The van der Waals surface area contributed by atoms with Crippen LogP contribution in [0.4, 0.5) is 0 Å². The molecule has 1 aromatic rings. The van der Waals surface area contributed by atoms with Crippen molar-refractivity contribution in [2.75, 3.05) is 13.9 Å². The van der Waals surface area contributed by atoms with E-state index >= 15 is 0 Å². The van der Waals surface area contributed by atoms with Crippen molar-refractivity contribution in [1.29, 1.82) is 0 Å². The Labute approximate surface area is 193 Å². The minimum atomic E-state index is -0.148. The van der Waals surface area contributed by atoms with E-state index in [9.17, 15) is 4.79 Å². The zero-order valence-corrected chi connectivity index (χ0v) is 20.1. The molecule has 4 aliphatic rings. The van der Waals surface area contributed by atoms with Crippen molar-refractivity contribution in [2.45, 2.75) is 83.8 Å². The van der Waals surface area contributed by atoms with Gasteiger partial charge >= 0.3 is 5.97 Å². The standard InChI is InChI=1S/C28H40O4/c1-27-15-13-21(31-18-30-3)17-20(27)9-10-22-23-11-12-25(28(23,2)16-14-24(22)27)32-26(29)19-7-5-4-6-8-19/h4-8,20-25H,9-18H2,1-3H3/t20-,21-,22-,23-,24-,25-,27-,28-/m0/s1. The maximum Gasteiger partial charge on any atom is 0.338 e. The number of benzene rings is 1. The second-order valence-corrected chi connectivity index (χ2v) is 11.5. The number of carbonyl (C=O) groups excluding carboxylic acids is 1. The topological polar surface area (TPSA) is 44.8 Å². The summed E-state index contributed by atoms with van der Waals surface area (Å²) < 4.78 is 17.3. The SMILES string of the molecule is COCO[C@H]1CC[C@@]2(C)[C@@H](CC[C@@H]3[C@@H]2CC[C@]2(C)[C@@H](OC(=O)c4ccccc4)CC[C@@H]32)C1. The molecule has 1 aromatic carbocycles. The molecule has 0 aromatic heterocycles. The Morgan fingerprint density at radius 3 is 2.47 bits per heavy atom. The highest BCUT2D eigenvalue weighted by Gasteiger charge is 2.61. The number of ether oxygens (including phenoxy) is 3. The summed E-state index contributed by atoms with van der Waals surface area (Å²) in [4.78, 5) is 12.8. The Balaban J connectivity index is 1.28. The summed E-state index contributed by atoms with van der Waals surface area (Å²) in [7, 11) is 1.71. The fourth-order valence-electron chi connectivity index (χ4n) is 8.45. The molecule has 176 valence electrons. The van der Waals surface area contributed by atoms with Gasteiger partial charge in [-0.1, -0.05) is 32.0 Å². The minimum Gasteiger partial charge on any atom is -0.458 e. The smallest absolute Gasteiger partial charge is 0.338 e. The third kappa shape index (κ3) is 3.72. The maximum absolute atomic E-state index is 12.8. The van der Waals surface area contributed by atoms with Crippen molar-refractivity contribution in [2.24, 2.45) is 34.5 Å². The van der Waals surface area contributed by atoms with Crippen LogP contribution in [-0.2, 0) is 14.2 Å². The molecular weight excluding hydrogens is 400 g/mol. The summed E-state index contributed by atoms with van der Waals surface area (Å²) in [5, 5.41) is 0. The number of methoxy groups -OCH3 is 1. The summed E-state index contributed by atoms with van der Waals surface area (Å²) in [5.74, 6) is 2.91. The molecule has 4 heteroatoms. The molecule has 4 aliphatic carbocycles. The van der Waals surface area contributed by atoms with Crippen LogP contribution in [0, 0.1) is 34.5 Å². The highest BCUT2D eigenvalue weighted by atomic mass is 16.7. The van der Waals surface area contributed by atoms with Gasteiger partial charge in [-0.15, -0.1) is 0 Å². The molecule has 0 heterocycles.